The summed E-state index contributed by atoms with van der Waals surface area (Å²) in [4.78, 5) is 0. The third kappa shape index (κ3) is 25.1. The Hall–Kier alpha value is -0.980. The van der Waals surface area contributed by atoms with Gasteiger partial charge in [-0.3, -0.25) is 0 Å². The summed E-state index contributed by atoms with van der Waals surface area (Å²) in [5.41, 5.74) is 0. The minimum absolute atomic E-state index is 0.183. The van der Waals surface area contributed by atoms with Gasteiger partial charge in [0.25, 0.3) is 5.76 Å². The van der Waals surface area contributed by atoms with Gasteiger partial charge in [-0.25, -0.2) is 0 Å². The lowest BCUT2D eigenvalue weighted by Gasteiger charge is -2.20. The lowest BCUT2D eigenvalue weighted by atomic mass is 10.1. The van der Waals surface area contributed by atoms with E-state index in [0.717, 1.165) is 32.1 Å². The van der Waals surface area contributed by atoms with Crippen LogP contribution in [0.25, 0.3) is 0 Å². The molecule has 6 nitrogen and oxygen atoms in total. The average Bonchev–Trinajstić information content (AvgIpc) is 2.86. The van der Waals surface area contributed by atoms with Crippen molar-refractivity contribution < 1.29 is 29.9 Å². The molecule has 222 valence electrons. The third-order valence-electron chi connectivity index (χ3n) is 6.98. The van der Waals surface area contributed by atoms with E-state index in [2.05, 4.69) is 13.8 Å². The van der Waals surface area contributed by atoms with Crippen molar-refractivity contribution in [3.8, 4) is 0 Å². The zero-order valence-electron chi connectivity index (χ0n) is 24.5. The highest BCUT2D eigenvalue weighted by Crippen LogP contribution is 2.19. The van der Waals surface area contributed by atoms with Gasteiger partial charge in [-0.15, -0.1) is 0 Å². The molecule has 0 unspecified atom stereocenters. The first-order valence-corrected chi connectivity index (χ1v) is 15.8. The lowest BCUT2D eigenvalue weighted by molar-refractivity contribution is -0.306. The molecule has 0 aliphatic heterocycles. The summed E-state index contributed by atoms with van der Waals surface area (Å²) in [6.07, 6.45) is 29.3. The van der Waals surface area contributed by atoms with Gasteiger partial charge in [0.15, 0.2) is 0 Å². The highest BCUT2D eigenvalue weighted by molar-refractivity contribution is 5.00. The molecule has 4 N–H and O–H groups in total. The van der Waals surface area contributed by atoms with E-state index < -0.39 is 17.7 Å². The van der Waals surface area contributed by atoms with Crippen LogP contribution >= 0.6 is 0 Å². The van der Waals surface area contributed by atoms with Gasteiger partial charge in [0, 0.05) is 0 Å². The van der Waals surface area contributed by atoms with E-state index in [1.807, 2.05) is 0 Å². The second kappa shape index (κ2) is 26.6. The Labute approximate surface area is 228 Å². The Morgan fingerprint density at radius 2 is 0.703 bits per heavy atom. The number of hydrogen-bond donors (Lipinski definition) is 4. The molecule has 0 bridgehead atoms. The summed E-state index contributed by atoms with van der Waals surface area (Å²) < 4.78 is 10.5. The Balaban J connectivity index is 3.79. The van der Waals surface area contributed by atoms with Crippen LogP contribution in [0.15, 0.2) is 11.7 Å². The number of aliphatic hydroxyl groups is 4. The molecule has 0 heterocycles. The van der Waals surface area contributed by atoms with E-state index in [-0.39, 0.29) is 13.2 Å². The maximum absolute atomic E-state index is 10.1. The van der Waals surface area contributed by atoms with Crippen LogP contribution in [0, 0.1) is 0 Å². The zero-order valence-corrected chi connectivity index (χ0v) is 24.5. The summed E-state index contributed by atoms with van der Waals surface area (Å²) in [7, 11) is 0. The molecule has 37 heavy (non-hydrogen) atoms. The number of rotatable bonds is 29. The van der Waals surface area contributed by atoms with E-state index >= 15 is 0 Å². The topological polar surface area (TPSA) is 99.4 Å². The highest BCUT2D eigenvalue weighted by atomic mass is 16.7. The molecule has 0 aromatic rings. The van der Waals surface area contributed by atoms with Crippen molar-refractivity contribution in [2.75, 3.05) is 13.2 Å². The molecule has 0 fully saturated rings. The Kier molecular flexibility index (Phi) is 25.9. The van der Waals surface area contributed by atoms with Gasteiger partial charge < -0.3 is 29.9 Å². The molecule has 0 amide bonds. The molecule has 0 aliphatic carbocycles. The zero-order chi connectivity index (χ0) is 27.5. The molecule has 0 saturated heterocycles. The van der Waals surface area contributed by atoms with E-state index in [4.69, 9.17) is 9.47 Å². The van der Waals surface area contributed by atoms with Crippen LogP contribution in [0.4, 0.5) is 0 Å². The first-order valence-electron chi connectivity index (χ1n) is 15.8. The van der Waals surface area contributed by atoms with Gasteiger partial charge in [-0.2, -0.15) is 0 Å². The van der Waals surface area contributed by atoms with Crippen LogP contribution in [0.1, 0.15) is 168 Å². The number of aliphatic hydroxyl groups excluding tert-OH is 1. The van der Waals surface area contributed by atoms with Crippen molar-refractivity contribution >= 4 is 0 Å². The lowest BCUT2D eigenvalue weighted by Crippen LogP contribution is -2.33. The molecule has 0 aliphatic rings. The van der Waals surface area contributed by atoms with Gasteiger partial charge in [-0.1, -0.05) is 155 Å². The van der Waals surface area contributed by atoms with E-state index in [1.165, 1.54) is 116 Å². The number of unbranched alkanes of at least 4 members (excludes halogenated alkanes) is 22. The SMILES string of the molecule is CCCCCCCCCCCCCCOC(O)=C(OCCCCCCCCCCCCCC)C(O)(O)O. The molecule has 0 aromatic heterocycles. The van der Waals surface area contributed by atoms with Crippen LogP contribution < -0.4 is 0 Å². The summed E-state index contributed by atoms with van der Waals surface area (Å²) in [5, 5.41) is 38.7. The van der Waals surface area contributed by atoms with Crippen LogP contribution in [0.2, 0.25) is 0 Å². The van der Waals surface area contributed by atoms with Crippen LogP contribution in [0.5, 0.6) is 0 Å². The summed E-state index contributed by atoms with van der Waals surface area (Å²) in [6, 6.07) is 0. The van der Waals surface area contributed by atoms with Crippen LogP contribution in [-0.2, 0) is 9.47 Å². The van der Waals surface area contributed by atoms with Gasteiger partial charge in [0.2, 0.25) is 0 Å². The van der Waals surface area contributed by atoms with Gasteiger partial charge in [0.05, 0.1) is 13.2 Å². The first-order chi connectivity index (χ1) is 17.9. The molecule has 0 spiro atoms. The highest BCUT2D eigenvalue weighted by Gasteiger charge is 2.33. The minimum atomic E-state index is -3.25. The van der Waals surface area contributed by atoms with Crippen LogP contribution in [-0.4, -0.2) is 39.6 Å². The molecule has 0 atom stereocenters. The first kappa shape index (κ1) is 36.0. The Morgan fingerprint density at radius 3 is 1.00 bits per heavy atom. The minimum Gasteiger partial charge on any atom is -0.485 e. The largest absolute Gasteiger partial charge is 0.485 e. The molecular formula is C31H62O6. The summed E-state index contributed by atoms with van der Waals surface area (Å²) in [5.74, 6) is -4.73. The predicted octanol–water partition coefficient (Wildman–Crippen LogP) is 8.78. The molecule has 0 saturated carbocycles. The molecule has 0 aromatic carbocycles. The fraction of sp³-hybridized carbons (Fsp3) is 0.935. The summed E-state index contributed by atoms with van der Waals surface area (Å²) >= 11 is 0. The van der Waals surface area contributed by atoms with Crippen LogP contribution in [0.3, 0.4) is 0 Å². The van der Waals surface area contributed by atoms with Gasteiger partial charge in [0.1, 0.15) is 0 Å². The monoisotopic (exact) mass is 530 g/mol. The van der Waals surface area contributed by atoms with Gasteiger partial charge >= 0.3 is 11.9 Å². The fourth-order valence-electron chi connectivity index (χ4n) is 4.60. The molecule has 0 rings (SSSR count). The van der Waals surface area contributed by atoms with Gasteiger partial charge in [-0.05, 0) is 12.8 Å². The van der Waals surface area contributed by atoms with Crippen molar-refractivity contribution in [1.29, 1.82) is 0 Å². The van der Waals surface area contributed by atoms with E-state index in [0.29, 0.717) is 6.42 Å². The van der Waals surface area contributed by atoms with E-state index in [9.17, 15) is 20.4 Å². The maximum Gasteiger partial charge on any atom is 0.345 e. The Bertz CT molecular complexity index is 500. The number of hydrogen-bond acceptors (Lipinski definition) is 6. The van der Waals surface area contributed by atoms with Crippen molar-refractivity contribution in [3.05, 3.63) is 11.7 Å². The van der Waals surface area contributed by atoms with Crippen molar-refractivity contribution in [2.45, 2.75) is 174 Å². The summed E-state index contributed by atoms with van der Waals surface area (Å²) in [6.45, 7) is 4.91. The fourth-order valence-corrected chi connectivity index (χ4v) is 4.60. The average molecular weight is 531 g/mol. The number of ether oxygens (including phenoxy) is 2. The normalized spacial score (nSPS) is 12.6. The third-order valence-corrected chi connectivity index (χ3v) is 6.98. The second-order valence-electron chi connectivity index (χ2n) is 10.7. The quantitative estimate of drug-likeness (QED) is 0.0438. The van der Waals surface area contributed by atoms with E-state index in [1.54, 1.807) is 0 Å². The van der Waals surface area contributed by atoms with Crippen molar-refractivity contribution in [1.82, 2.24) is 0 Å². The molecule has 6 heteroatoms. The van der Waals surface area contributed by atoms with Crippen molar-refractivity contribution in [3.63, 3.8) is 0 Å². The smallest absolute Gasteiger partial charge is 0.345 e. The predicted molar refractivity (Wildman–Crippen MR) is 153 cm³/mol. The maximum atomic E-state index is 10.1. The molecule has 0 radical (unpaired) electrons. The Morgan fingerprint density at radius 1 is 0.432 bits per heavy atom. The second-order valence-corrected chi connectivity index (χ2v) is 10.7. The standard InChI is InChI=1S/C31H62O6/c1-3-5-7-9-11-13-15-17-19-21-23-25-27-36-29(31(33,34)35)30(32)37-28-26-24-22-20-18-16-14-12-10-8-6-4-2/h32-35H,3-28H2,1-2H3. The van der Waals surface area contributed by atoms with Crippen molar-refractivity contribution in [2.24, 2.45) is 0 Å². The molecular weight excluding hydrogens is 468 g/mol.